The normalized spacial score (nSPS) is 11.8. The summed E-state index contributed by atoms with van der Waals surface area (Å²) in [5.74, 6) is -1.13. The maximum absolute atomic E-state index is 9.65. The molecule has 0 aliphatic rings. The van der Waals surface area contributed by atoms with Gasteiger partial charge in [0, 0.05) is 5.75 Å². The van der Waals surface area contributed by atoms with Crippen LogP contribution in [0, 0.1) is 0 Å². The summed E-state index contributed by atoms with van der Waals surface area (Å²) in [6, 6.07) is -0.927. The molecule has 0 fully saturated rings. The zero-order chi connectivity index (χ0) is 5.86. The van der Waals surface area contributed by atoms with Gasteiger partial charge >= 0.3 is 68.9 Å². The molecule has 0 saturated carbocycles. The molecule has 3 nitrogen and oxygen atoms in total. The van der Waals surface area contributed by atoms with Crippen molar-refractivity contribution in [2.75, 3.05) is 5.75 Å². The maximum atomic E-state index is 9.65. The first-order valence-corrected chi connectivity index (χ1v) is 2.39. The fourth-order valence-electron chi connectivity index (χ4n) is 0.0745. The predicted molar refractivity (Wildman–Crippen MR) is 26.8 cm³/mol. The van der Waals surface area contributed by atoms with Crippen LogP contribution >= 0.6 is 12.6 Å². The van der Waals surface area contributed by atoms with Gasteiger partial charge in [0.05, 0.1) is 12.0 Å². The SMILES string of the molecule is N[C@@H](CS)C(=O)[O-].[Cs+]. The van der Waals surface area contributed by atoms with E-state index in [0.29, 0.717) is 0 Å². The number of thiol groups is 1. The molecule has 42 valence electrons. The third-order valence-corrected chi connectivity index (χ3v) is 0.893. The van der Waals surface area contributed by atoms with Crippen LogP contribution in [-0.4, -0.2) is 17.8 Å². The minimum atomic E-state index is -1.25. The Balaban J connectivity index is 0. The zero-order valence-electron chi connectivity index (χ0n) is 4.63. The second kappa shape index (κ2) is 6.95. The number of aliphatic carboxylic acids is 1. The van der Waals surface area contributed by atoms with Crippen molar-refractivity contribution >= 4 is 18.6 Å². The Bertz CT molecular complexity index is 79.7. The molecule has 2 N–H and O–H groups in total. The summed E-state index contributed by atoms with van der Waals surface area (Å²) in [6.45, 7) is 0. The molecule has 0 amide bonds. The van der Waals surface area contributed by atoms with Crippen molar-refractivity contribution in [2.24, 2.45) is 5.73 Å². The summed E-state index contributed by atoms with van der Waals surface area (Å²) >= 11 is 3.61. The van der Waals surface area contributed by atoms with Crippen molar-refractivity contribution in [1.82, 2.24) is 0 Å². The Morgan fingerprint density at radius 1 is 1.88 bits per heavy atom. The van der Waals surface area contributed by atoms with Gasteiger partial charge in [0.2, 0.25) is 0 Å². The molecule has 0 aromatic rings. The van der Waals surface area contributed by atoms with Crippen LogP contribution in [0.2, 0.25) is 0 Å². The van der Waals surface area contributed by atoms with E-state index in [1.807, 2.05) is 0 Å². The van der Waals surface area contributed by atoms with E-state index in [0.717, 1.165) is 0 Å². The van der Waals surface area contributed by atoms with Crippen LogP contribution in [0.5, 0.6) is 0 Å². The van der Waals surface area contributed by atoms with Crippen LogP contribution in [0.15, 0.2) is 0 Å². The van der Waals surface area contributed by atoms with Crippen LogP contribution in [0.1, 0.15) is 0 Å². The van der Waals surface area contributed by atoms with E-state index in [-0.39, 0.29) is 74.6 Å². The predicted octanol–water partition coefficient (Wildman–Crippen LogP) is -5.00. The second-order valence-corrected chi connectivity index (χ2v) is 1.47. The number of carboxylic acid groups (broad SMARTS) is 1. The summed E-state index contributed by atoms with van der Waals surface area (Å²) in [4.78, 5) is 9.65. The molecule has 0 radical (unpaired) electrons. The smallest absolute Gasteiger partial charge is 0.548 e. The third-order valence-electron chi connectivity index (χ3n) is 0.499. The fraction of sp³-hybridized carbons (Fsp3) is 0.667. The first-order chi connectivity index (χ1) is 3.18. The molecule has 0 heterocycles. The molecule has 8 heavy (non-hydrogen) atoms. The molecule has 0 rings (SSSR count). The van der Waals surface area contributed by atoms with Crippen molar-refractivity contribution in [3.05, 3.63) is 0 Å². The topological polar surface area (TPSA) is 66.2 Å². The quantitative estimate of drug-likeness (QED) is 0.484. The van der Waals surface area contributed by atoms with Crippen molar-refractivity contribution in [3.63, 3.8) is 0 Å². The largest absolute Gasteiger partial charge is 1.00 e. The first-order valence-electron chi connectivity index (χ1n) is 1.75. The van der Waals surface area contributed by atoms with Gasteiger partial charge in [-0.15, -0.1) is 0 Å². The first kappa shape index (κ1) is 12.5. The van der Waals surface area contributed by atoms with Crippen LogP contribution in [0.3, 0.4) is 0 Å². The molecule has 1 atom stereocenters. The Labute approximate surface area is 112 Å². The summed E-state index contributed by atoms with van der Waals surface area (Å²) in [7, 11) is 0. The van der Waals surface area contributed by atoms with Crippen molar-refractivity contribution in [2.45, 2.75) is 6.04 Å². The number of rotatable bonds is 2. The van der Waals surface area contributed by atoms with E-state index in [9.17, 15) is 9.90 Å². The number of carbonyl (C=O) groups excluding carboxylic acids is 1. The van der Waals surface area contributed by atoms with Crippen LogP contribution in [-0.2, 0) is 4.79 Å². The minimum Gasteiger partial charge on any atom is -0.548 e. The molecule has 0 aromatic carbocycles. The van der Waals surface area contributed by atoms with Gasteiger partial charge in [0.1, 0.15) is 0 Å². The third kappa shape index (κ3) is 5.96. The average Bonchev–Trinajstić information content (AvgIpc) is 1.65. The van der Waals surface area contributed by atoms with Crippen molar-refractivity contribution < 1.29 is 78.8 Å². The van der Waals surface area contributed by atoms with E-state index in [1.165, 1.54) is 0 Å². The van der Waals surface area contributed by atoms with Crippen molar-refractivity contribution in [3.8, 4) is 0 Å². The number of carbonyl (C=O) groups is 1. The van der Waals surface area contributed by atoms with Crippen molar-refractivity contribution in [1.29, 1.82) is 0 Å². The minimum absolute atomic E-state index is 0. The van der Waals surface area contributed by atoms with Crippen LogP contribution in [0.4, 0.5) is 0 Å². The number of hydrogen-bond donors (Lipinski definition) is 2. The van der Waals surface area contributed by atoms with E-state index < -0.39 is 12.0 Å². The summed E-state index contributed by atoms with van der Waals surface area (Å²) in [5, 5.41) is 9.65. The van der Waals surface area contributed by atoms with Gasteiger partial charge in [-0.1, -0.05) is 0 Å². The molecule has 0 saturated heterocycles. The van der Waals surface area contributed by atoms with E-state index in [1.54, 1.807) is 0 Å². The molecular weight excluding hydrogens is 247 g/mol. The molecular formula is C3H6CsNO2S. The number of carboxylic acids is 1. The number of hydrogen-bond acceptors (Lipinski definition) is 4. The Hall–Kier alpha value is 1.83. The molecule has 0 unspecified atom stereocenters. The summed E-state index contributed by atoms with van der Waals surface area (Å²) in [6.07, 6.45) is 0. The van der Waals surface area contributed by atoms with Crippen LogP contribution < -0.4 is 79.7 Å². The van der Waals surface area contributed by atoms with E-state index in [4.69, 9.17) is 5.73 Å². The molecule has 0 aliphatic heterocycles. The van der Waals surface area contributed by atoms with Gasteiger partial charge in [-0.3, -0.25) is 0 Å². The molecule has 0 aliphatic carbocycles. The zero-order valence-corrected chi connectivity index (χ0v) is 11.8. The van der Waals surface area contributed by atoms with E-state index >= 15 is 0 Å². The van der Waals surface area contributed by atoms with Crippen LogP contribution in [0.25, 0.3) is 0 Å². The van der Waals surface area contributed by atoms with Gasteiger partial charge in [-0.05, 0) is 0 Å². The Morgan fingerprint density at radius 3 is 2.25 bits per heavy atom. The van der Waals surface area contributed by atoms with Gasteiger partial charge < -0.3 is 15.6 Å². The van der Waals surface area contributed by atoms with Gasteiger partial charge in [-0.25, -0.2) is 0 Å². The van der Waals surface area contributed by atoms with Gasteiger partial charge in [-0.2, -0.15) is 12.6 Å². The maximum Gasteiger partial charge on any atom is 1.00 e. The summed E-state index contributed by atoms with van der Waals surface area (Å²) < 4.78 is 0. The Kier molecular flexibility index (Phi) is 10.9. The molecule has 0 spiro atoms. The molecule has 5 heteroatoms. The van der Waals surface area contributed by atoms with Gasteiger partial charge in [0.25, 0.3) is 0 Å². The summed E-state index contributed by atoms with van der Waals surface area (Å²) in [5.41, 5.74) is 4.88. The standard InChI is InChI=1S/C3H7NO2S.Cs/c4-2(1-7)3(5)6;/h2,7H,1,4H2,(H,5,6);/q;+1/p-1/t2-;/m0./s1. The fourth-order valence-corrected chi connectivity index (χ4v) is 0.224. The monoisotopic (exact) mass is 253 g/mol. The van der Waals surface area contributed by atoms with Gasteiger partial charge in [0.15, 0.2) is 0 Å². The Morgan fingerprint density at radius 2 is 2.25 bits per heavy atom. The second-order valence-electron chi connectivity index (χ2n) is 1.11. The number of nitrogens with two attached hydrogens (primary N) is 1. The average molecular weight is 253 g/mol. The molecule has 0 aromatic heterocycles. The van der Waals surface area contributed by atoms with E-state index in [2.05, 4.69) is 12.6 Å². The molecule has 0 bridgehead atoms.